The Bertz CT molecular complexity index is 1210. The Morgan fingerprint density at radius 1 is 0.961 bits per heavy atom. The van der Waals surface area contributed by atoms with Crippen LogP contribution in [0.4, 0.5) is 0 Å². The molecule has 12 nitrogen and oxygen atoms in total. The van der Waals surface area contributed by atoms with Gasteiger partial charge in [-0.05, 0) is 80.5 Å². The number of esters is 1. The van der Waals surface area contributed by atoms with Gasteiger partial charge in [0.2, 0.25) is 0 Å². The summed E-state index contributed by atoms with van der Waals surface area (Å²) in [5.74, 6) is -2.05. The summed E-state index contributed by atoms with van der Waals surface area (Å²) in [5.41, 5.74) is -2.41. The molecule has 2 bridgehead atoms. The average Bonchev–Trinajstić information content (AvgIpc) is 3.38. The number of rotatable bonds is 9. The summed E-state index contributed by atoms with van der Waals surface area (Å²) in [5, 5.41) is 35.4. The third-order valence-corrected chi connectivity index (χ3v) is 12.3. The number of hydrogen-bond donors (Lipinski definition) is 3. The maximum Gasteiger partial charge on any atom is 0.311 e. The largest absolute Gasteiger partial charge is 0.489 e. The lowest BCUT2D eigenvalue weighted by molar-refractivity contribution is -0.309. The standard InChI is InChI=1S/C39H69NO11/c1-14-16-28-39(11,44)33(42)24(6)31-21(3)18-38(10,51-31)34(50-36-30(41)27(40(12)15-2)17-22(4)47-36)25(7)32(26(8)35(43)48-28)49-29-20-37(9,45-13)19-23(5)46-29/h22-30,32-34,36,41-42,44H,14-20H2,1-13H3/t22-,23+,24+,25+,26-,27+,28?,29?,30-,32+,33-,34-,36?,37+,38-,39-/m1/s1. The molecule has 0 spiro atoms. The monoisotopic (exact) mass is 727 g/mol. The van der Waals surface area contributed by atoms with Crippen LogP contribution >= 0.6 is 0 Å². The van der Waals surface area contributed by atoms with Crippen molar-refractivity contribution >= 4 is 5.97 Å². The van der Waals surface area contributed by atoms with Crippen LogP contribution < -0.4 is 0 Å². The molecule has 4 aliphatic heterocycles. The predicted octanol–water partition coefficient (Wildman–Crippen LogP) is 4.70. The highest BCUT2D eigenvalue weighted by atomic mass is 16.7. The highest BCUT2D eigenvalue weighted by Gasteiger charge is 2.55. The zero-order valence-electron chi connectivity index (χ0n) is 33.5. The first kappa shape index (κ1) is 42.4. The van der Waals surface area contributed by atoms with Crippen molar-refractivity contribution in [1.29, 1.82) is 0 Å². The predicted molar refractivity (Wildman–Crippen MR) is 191 cm³/mol. The summed E-state index contributed by atoms with van der Waals surface area (Å²) in [6.45, 7) is 21.7. The molecule has 0 aromatic rings. The van der Waals surface area contributed by atoms with E-state index in [0.29, 0.717) is 44.3 Å². The van der Waals surface area contributed by atoms with Crippen molar-refractivity contribution in [3.05, 3.63) is 11.3 Å². The molecule has 3 saturated heterocycles. The zero-order chi connectivity index (χ0) is 38.2. The molecule has 4 heterocycles. The first-order valence-corrected chi connectivity index (χ1v) is 19.3. The second kappa shape index (κ2) is 16.6. The number of aliphatic hydroxyl groups excluding tert-OH is 2. The van der Waals surface area contributed by atoms with Gasteiger partial charge in [0.15, 0.2) is 12.6 Å². The fraction of sp³-hybridized carbons (Fsp3) is 0.923. The van der Waals surface area contributed by atoms with Crippen LogP contribution in [0, 0.1) is 17.8 Å². The Morgan fingerprint density at radius 2 is 1.63 bits per heavy atom. The molecular formula is C39H69NO11. The third-order valence-electron chi connectivity index (χ3n) is 12.3. The summed E-state index contributed by atoms with van der Waals surface area (Å²) < 4.78 is 45.4. The van der Waals surface area contributed by atoms with Crippen LogP contribution in [0.25, 0.3) is 0 Å². The number of fused-ring (bicyclic) bond motifs is 2. The fourth-order valence-electron chi connectivity index (χ4n) is 9.06. The maximum atomic E-state index is 14.2. The van der Waals surface area contributed by atoms with Gasteiger partial charge in [0.05, 0.1) is 35.9 Å². The normalized spacial score (nSPS) is 47.3. The van der Waals surface area contributed by atoms with Crippen molar-refractivity contribution in [2.24, 2.45) is 17.8 Å². The van der Waals surface area contributed by atoms with Gasteiger partial charge in [-0.2, -0.15) is 0 Å². The van der Waals surface area contributed by atoms with Crippen LogP contribution in [0.1, 0.15) is 115 Å². The van der Waals surface area contributed by atoms with E-state index in [4.69, 9.17) is 33.2 Å². The summed E-state index contributed by atoms with van der Waals surface area (Å²) in [6.07, 6.45) is -3.76. The number of carbonyl (C=O) groups excluding carboxylic acids is 1. The maximum absolute atomic E-state index is 14.2. The van der Waals surface area contributed by atoms with E-state index < -0.39 is 83.6 Å². The minimum Gasteiger partial charge on any atom is -0.489 e. The van der Waals surface area contributed by atoms with Crippen LogP contribution in [0.15, 0.2) is 11.3 Å². The molecule has 3 fully saturated rings. The third kappa shape index (κ3) is 8.97. The van der Waals surface area contributed by atoms with E-state index >= 15 is 0 Å². The van der Waals surface area contributed by atoms with Crippen LogP contribution in [0.3, 0.4) is 0 Å². The van der Waals surface area contributed by atoms with Gasteiger partial charge in [-0.25, -0.2) is 0 Å². The number of nitrogens with zero attached hydrogens (tertiary/aromatic N) is 1. The van der Waals surface area contributed by atoms with Gasteiger partial charge < -0.3 is 53.4 Å². The van der Waals surface area contributed by atoms with Crippen LogP contribution in [-0.2, 0) is 38.0 Å². The lowest BCUT2D eigenvalue weighted by Crippen LogP contribution is -2.59. The van der Waals surface area contributed by atoms with Crippen molar-refractivity contribution in [1.82, 2.24) is 4.90 Å². The second-order valence-electron chi connectivity index (χ2n) is 16.8. The molecule has 16 atom stereocenters. The van der Waals surface area contributed by atoms with E-state index in [1.165, 1.54) is 6.92 Å². The number of ether oxygens (including phenoxy) is 7. The Morgan fingerprint density at radius 3 is 2.24 bits per heavy atom. The second-order valence-corrected chi connectivity index (χ2v) is 16.8. The highest BCUT2D eigenvalue weighted by Crippen LogP contribution is 2.47. The van der Waals surface area contributed by atoms with Crippen LogP contribution in [-0.4, -0.2) is 125 Å². The SMILES string of the molecule is CCCC1OC(=O)[C@H](C)[C@@H](OC2C[C@@](C)(OC)C[C@H](C)O2)[C@H](C)[C@@H](OC2O[C@H](C)C[C@H](N(C)CC)[C@H]2O)[C@@]2(C)CC(C)=C(O2)[C@H](C)[C@@H](O)[C@]1(C)O. The molecule has 296 valence electrons. The molecule has 0 amide bonds. The Kier molecular flexibility index (Phi) is 13.8. The number of likely N-dealkylation sites (N-methyl/N-ethyl adjacent to an activating group) is 1. The molecule has 0 radical (unpaired) electrons. The molecule has 3 N–H and O–H groups in total. The smallest absolute Gasteiger partial charge is 0.311 e. The highest BCUT2D eigenvalue weighted by molar-refractivity contribution is 5.73. The minimum atomic E-state index is -1.79. The quantitative estimate of drug-likeness (QED) is 0.283. The number of carbonyl (C=O) groups is 1. The summed E-state index contributed by atoms with van der Waals surface area (Å²) in [4.78, 5) is 16.3. The first-order chi connectivity index (χ1) is 23.7. The van der Waals surface area contributed by atoms with E-state index in [0.717, 1.165) is 12.1 Å². The molecule has 0 aromatic carbocycles. The molecule has 3 unspecified atom stereocenters. The Labute approximate surface area is 306 Å². The fourth-order valence-corrected chi connectivity index (χ4v) is 9.06. The summed E-state index contributed by atoms with van der Waals surface area (Å²) in [7, 11) is 3.66. The lowest BCUT2D eigenvalue weighted by atomic mass is 9.78. The number of hydrogen-bond acceptors (Lipinski definition) is 12. The first-order valence-electron chi connectivity index (χ1n) is 19.3. The van der Waals surface area contributed by atoms with Gasteiger partial charge in [-0.15, -0.1) is 0 Å². The number of aliphatic hydroxyl groups is 3. The molecule has 4 rings (SSSR count). The van der Waals surface area contributed by atoms with Crippen molar-refractivity contribution in [3.63, 3.8) is 0 Å². The van der Waals surface area contributed by atoms with Gasteiger partial charge in [0.1, 0.15) is 35.3 Å². The summed E-state index contributed by atoms with van der Waals surface area (Å²) >= 11 is 0. The zero-order valence-corrected chi connectivity index (χ0v) is 33.5. The molecule has 0 saturated carbocycles. The lowest BCUT2D eigenvalue weighted by Gasteiger charge is -2.48. The van der Waals surface area contributed by atoms with E-state index in [1.807, 2.05) is 69.4 Å². The molecular weight excluding hydrogens is 658 g/mol. The average molecular weight is 728 g/mol. The van der Waals surface area contributed by atoms with E-state index in [-0.39, 0.29) is 18.2 Å². The van der Waals surface area contributed by atoms with Gasteiger partial charge in [-0.1, -0.05) is 34.1 Å². The van der Waals surface area contributed by atoms with Crippen LogP contribution in [0.2, 0.25) is 0 Å². The van der Waals surface area contributed by atoms with Gasteiger partial charge in [-0.3, -0.25) is 4.79 Å². The molecule has 12 heteroatoms. The van der Waals surface area contributed by atoms with Gasteiger partial charge >= 0.3 is 5.97 Å². The molecule has 0 aliphatic carbocycles. The van der Waals surface area contributed by atoms with Crippen molar-refractivity contribution in [3.8, 4) is 0 Å². The van der Waals surface area contributed by atoms with Gasteiger partial charge in [0.25, 0.3) is 0 Å². The van der Waals surface area contributed by atoms with Crippen LogP contribution in [0.5, 0.6) is 0 Å². The number of cyclic esters (lactones) is 1. The minimum absolute atomic E-state index is 0.162. The van der Waals surface area contributed by atoms with E-state index in [9.17, 15) is 20.1 Å². The summed E-state index contributed by atoms with van der Waals surface area (Å²) in [6, 6.07) is -0.195. The Balaban J connectivity index is 1.84. The Hall–Kier alpha value is -1.35. The van der Waals surface area contributed by atoms with Crippen molar-refractivity contribution < 1.29 is 53.3 Å². The molecule has 4 aliphatic rings. The van der Waals surface area contributed by atoms with E-state index in [1.54, 1.807) is 14.0 Å². The van der Waals surface area contributed by atoms with Crippen molar-refractivity contribution in [2.45, 2.75) is 193 Å². The number of methoxy groups -OCH3 is 1. The molecule has 0 aromatic heterocycles. The van der Waals surface area contributed by atoms with Gasteiger partial charge in [0, 0.05) is 44.2 Å². The van der Waals surface area contributed by atoms with E-state index in [2.05, 4.69) is 4.90 Å². The molecule has 51 heavy (non-hydrogen) atoms. The van der Waals surface area contributed by atoms with Crippen molar-refractivity contribution in [2.75, 3.05) is 20.7 Å². The topological polar surface area (TPSA) is 146 Å².